The van der Waals surface area contributed by atoms with E-state index in [1.54, 1.807) is 12.1 Å². The van der Waals surface area contributed by atoms with E-state index in [-0.39, 0.29) is 16.9 Å². The number of benzene rings is 1. The van der Waals surface area contributed by atoms with E-state index in [9.17, 15) is 13.2 Å². The molecule has 1 aliphatic heterocycles. The Labute approximate surface area is 158 Å². The van der Waals surface area contributed by atoms with E-state index in [1.807, 2.05) is 18.4 Å². The van der Waals surface area contributed by atoms with Crippen molar-refractivity contribution in [2.45, 2.75) is 17.4 Å². The number of hydroxylamine groups is 1. The van der Waals surface area contributed by atoms with Crippen LogP contribution >= 0.6 is 0 Å². The molecule has 0 bridgehead atoms. The first kappa shape index (κ1) is 19.1. The minimum absolute atomic E-state index is 0.117. The van der Waals surface area contributed by atoms with Crippen LogP contribution in [-0.4, -0.2) is 32.1 Å². The lowest BCUT2D eigenvalue weighted by Gasteiger charge is -2.19. The summed E-state index contributed by atoms with van der Waals surface area (Å²) in [4.78, 5) is 11.2. The van der Waals surface area contributed by atoms with Gasteiger partial charge in [-0.3, -0.25) is 10.0 Å². The van der Waals surface area contributed by atoms with Gasteiger partial charge in [-0.15, -0.1) is 0 Å². The first-order valence-corrected chi connectivity index (χ1v) is 10.00. The summed E-state index contributed by atoms with van der Waals surface area (Å²) in [5.41, 5.74) is 3.17. The zero-order chi connectivity index (χ0) is 19.3. The lowest BCUT2D eigenvalue weighted by Crippen LogP contribution is -2.27. The average Bonchev–Trinajstić information content (AvgIpc) is 3.09. The van der Waals surface area contributed by atoms with Crippen LogP contribution in [0.15, 0.2) is 71.3 Å². The van der Waals surface area contributed by atoms with Gasteiger partial charge in [0.2, 0.25) is 10.0 Å². The maximum absolute atomic E-state index is 12.5. The van der Waals surface area contributed by atoms with Crippen LogP contribution < -0.4 is 15.5 Å². The normalized spacial score (nSPS) is 21.0. The van der Waals surface area contributed by atoms with Gasteiger partial charge in [0, 0.05) is 18.5 Å². The van der Waals surface area contributed by atoms with Gasteiger partial charge >= 0.3 is 0 Å². The first-order chi connectivity index (χ1) is 13.0. The van der Waals surface area contributed by atoms with Gasteiger partial charge in [-0.2, -0.15) is 0 Å². The molecule has 0 aromatic heterocycles. The molecule has 1 amide bonds. The van der Waals surface area contributed by atoms with Crippen LogP contribution in [-0.2, 0) is 14.8 Å². The van der Waals surface area contributed by atoms with Crippen molar-refractivity contribution in [3.63, 3.8) is 0 Å². The lowest BCUT2D eigenvalue weighted by atomic mass is 9.90. The lowest BCUT2D eigenvalue weighted by molar-refractivity contribution is -0.124. The summed E-state index contributed by atoms with van der Waals surface area (Å²) in [6, 6.07) is 6.47. The highest BCUT2D eigenvalue weighted by Crippen LogP contribution is 2.28. The smallest absolute Gasteiger partial charge is 0.267 e. The number of carbonyl (C=O) groups is 1. The summed E-state index contributed by atoms with van der Waals surface area (Å²) in [6.45, 7) is 0.295. The van der Waals surface area contributed by atoms with Crippen LogP contribution in [0, 0.1) is 5.92 Å². The van der Waals surface area contributed by atoms with Gasteiger partial charge in [0.15, 0.2) is 0 Å². The molecule has 4 N–H and O–H groups in total. The van der Waals surface area contributed by atoms with Crippen LogP contribution in [0.1, 0.15) is 12.0 Å². The van der Waals surface area contributed by atoms with Crippen molar-refractivity contribution in [1.29, 1.82) is 0 Å². The van der Waals surface area contributed by atoms with Gasteiger partial charge in [0.05, 0.1) is 10.9 Å². The molecule has 0 spiro atoms. The zero-order valence-corrected chi connectivity index (χ0v) is 15.3. The van der Waals surface area contributed by atoms with E-state index in [0.29, 0.717) is 18.5 Å². The van der Waals surface area contributed by atoms with Crippen LogP contribution in [0.2, 0.25) is 0 Å². The molecule has 2 atom stereocenters. The molecular weight excluding hydrogens is 366 g/mol. The number of fused-ring (bicyclic) bond motifs is 1. The Morgan fingerprint density at radius 1 is 1.26 bits per heavy atom. The Hall–Kier alpha value is -2.68. The van der Waals surface area contributed by atoms with Crippen LogP contribution in [0.3, 0.4) is 0 Å². The molecule has 0 saturated carbocycles. The molecular formula is C19H21N3O4S. The van der Waals surface area contributed by atoms with Gasteiger partial charge in [-0.1, -0.05) is 36.4 Å². The fourth-order valence-electron chi connectivity index (χ4n) is 3.07. The summed E-state index contributed by atoms with van der Waals surface area (Å²) in [5.74, 6) is -0.421. The number of hydrogen-bond donors (Lipinski definition) is 4. The Bertz CT molecular complexity index is 932. The monoisotopic (exact) mass is 387 g/mol. The Kier molecular flexibility index (Phi) is 5.90. The molecule has 142 valence electrons. The van der Waals surface area contributed by atoms with Crippen molar-refractivity contribution in [2.75, 3.05) is 6.54 Å². The molecule has 0 radical (unpaired) electrons. The molecule has 1 aliphatic carbocycles. The predicted molar refractivity (Wildman–Crippen MR) is 102 cm³/mol. The van der Waals surface area contributed by atoms with E-state index in [2.05, 4.69) is 22.2 Å². The number of nitrogens with one attached hydrogen (secondary N) is 3. The third kappa shape index (κ3) is 4.73. The van der Waals surface area contributed by atoms with E-state index in [0.717, 1.165) is 11.6 Å². The molecule has 7 nitrogen and oxygen atoms in total. The van der Waals surface area contributed by atoms with Gasteiger partial charge < -0.3 is 5.32 Å². The highest BCUT2D eigenvalue weighted by molar-refractivity contribution is 7.89. The Balaban J connectivity index is 1.60. The molecule has 8 heteroatoms. The number of amides is 1. The number of rotatable bonds is 7. The molecule has 1 heterocycles. The van der Waals surface area contributed by atoms with Crippen molar-refractivity contribution in [3.8, 4) is 0 Å². The van der Waals surface area contributed by atoms with E-state index < -0.39 is 15.9 Å². The van der Waals surface area contributed by atoms with E-state index >= 15 is 0 Å². The topological polar surface area (TPSA) is 108 Å². The molecule has 1 aromatic rings. The average molecular weight is 387 g/mol. The van der Waals surface area contributed by atoms with Crippen molar-refractivity contribution < 1.29 is 18.4 Å². The Morgan fingerprint density at radius 3 is 2.89 bits per heavy atom. The minimum atomic E-state index is -3.66. The molecule has 3 rings (SSSR count). The third-order valence-electron chi connectivity index (χ3n) is 4.44. The molecule has 0 saturated heterocycles. The number of sulfonamides is 1. The fraction of sp³-hybridized carbons (Fsp3) is 0.211. The Morgan fingerprint density at radius 2 is 2.07 bits per heavy atom. The second kappa shape index (κ2) is 8.34. The van der Waals surface area contributed by atoms with Crippen molar-refractivity contribution in [1.82, 2.24) is 15.5 Å². The SMILES string of the molecule is O=C(/C=C/c1cccc(S(=O)(=O)NCCC2=CNC3C=CC=CC23)c1)NO. The molecule has 1 aromatic carbocycles. The number of carbonyl (C=O) groups excluding carboxylic acids is 1. The quantitative estimate of drug-likeness (QED) is 0.322. The summed E-state index contributed by atoms with van der Waals surface area (Å²) in [6.07, 6.45) is 13.3. The minimum Gasteiger partial charge on any atom is -0.384 e. The number of allylic oxidation sites excluding steroid dienone is 2. The highest BCUT2D eigenvalue weighted by atomic mass is 32.2. The predicted octanol–water partition coefficient (Wildman–Crippen LogP) is 1.47. The van der Waals surface area contributed by atoms with Crippen LogP contribution in [0.5, 0.6) is 0 Å². The zero-order valence-electron chi connectivity index (χ0n) is 14.5. The van der Waals surface area contributed by atoms with Crippen molar-refractivity contribution in [2.24, 2.45) is 5.92 Å². The molecule has 2 unspecified atom stereocenters. The van der Waals surface area contributed by atoms with E-state index in [1.165, 1.54) is 23.7 Å². The number of hydrogen-bond acceptors (Lipinski definition) is 5. The largest absolute Gasteiger partial charge is 0.384 e. The van der Waals surface area contributed by atoms with Gasteiger partial charge in [0.1, 0.15) is 0 Å². The van der Waals surface area contributed by atoms with E-state index in [4.69, 9.17) is 5.21 Å². The van der Waals surface area contributed by atoms with Gasteiger partial charge in [-0.25, -0.2) is 18.6 Å². The summed E-state index contributed by atoms with van der Waals surface area (Å²) >= 11 is 0. The maximum Gasteiger partial charge on any atom is 0.267 e. The summed E-state index contributed by atoms with van der Waals surface area (Å²) < 4.78 is 27.7. The van der Waals surface area contributed by atoms with Crippen molar-refractivity contribution >= 4 is 22.0 Å². The maximum atomic E-state index is 12.5. The van der Waals surface area contributed by atoms with Crippen LogP contribution in [0.4, 0.5) is 0 Å². The standard InChI is InChI=1S/C19H21N3O4S/c23-19(22-24)9-8-14-4-3-5-16(12-14)27(25,26)21-11-10-15-13-20-18-7-2-1-6-17(15)18/h1-9,12-13,17-18,20-21,24H,10-11H2,(H,22,23)/b9-8+. The molecule has 27 heavy (non-hydrogen) atoms. The van der Waals surface area contributed by atoms with Crippen molar-refractivity contribution in [3.05, 3.63) is 72.0 Å². The third-order valence-corrected chi connectivity index (χ3v) is 5.89. The fourth-order valence-corrected chi connectivity index (χ4v) is 4.15. The summed E-state index contributed by atoms with van der Waals surface area (Å²) in [7, 11) is -3.66. The van der Waals surface area contributed by atoms with Gasteiger partial charge in [-0.05, 0) is 42.0 Å². The van der Waals surface area contributed by atoms with Crippen LogP contribution in [0.25, 0.3) is 6.08 Å². The second-order valence-corrected chi connectivity index (χ2v) is 8.00. The highest BCUT2D eigenvalue weighted by Gasteiger charge is 2.26. The summed E-state index contributed by atoms with van der Waals surface area (Å²) in [5, 5.41) is 11.8. The molecule has 0 fully saturated rings. The second-order valence-electron chi connectivity index (χ2n) is 6.24. The first-order valence-electron chi connectivity index (χ1n) is 8.51. The van der Waals surface area contributed by atoms with Gasteiger partial charge in [0.25, 0.3) is 5.91 Å². The molecule has 2 aliphatic rings.